The molecule has 7 heteroatoms. The molecule has 1 N–H and O–H groups in total. The van der Waals surface area contributed by atoms with Gasteiger partial charge in [-0.3, -0.25) is 9.67 Å². The fourth-order valence-corrected chi connectivity index (χ4v) is 3.77. The van der Waals surface area contributed by atoms with Crippen molar-refractivity contribution >= 4 is 5.82 Å². The number of methoxy groups -OCH3 is 1. The first-order valence-corrected chi connectivity index (χ1v) is 10.6. The van der Waals surface area contributed by atoms with Crippen molar-refractivity contribution in [3.05, 3.63) is 72.1 Å². The van der Waals surface area contributed by atoms with Gasteiger partial charge in [-0.05, 0) is 43.2 Å². The van der Waals surface area contributed by atoms with Crippen LogP contribution in [0.2, 0.25) is 0 Å². The van der Waals surface area contributed by atoms with Gasteiger partial charge in [0.25, 0.3) is 0 Å². The summed E-state index contributed by atoms with van der Waals surface area (Å²) in [6.45, 7) is 6.87. The monoisotopic (exact) mass is 428 g/mol. The number of aryl methyl sites for hydroxylation is 3. The smallest absolute Gasteiger partial charge is 0.129 e. The molecular weight excluding hydrogens is 400 g/mol. The molecule has 0 amide bonds. The van der Waals surface area contributed by atoms with Gasteiger partial charge in [-0.1, -0.05) is 19.1 Å². The Bertz CT molecular complexity index is 1220. The zero-order chi connectivity index (χ0) is 22.7. The van der Waals surface area contributed by atoms with E-state index in [9.17, 15) is 0 Å². The third-order valence-electron chi connectivity index (χ3n) is 5.55. The van der Waals surface area contributed by atoms with Gasteiger partial charge in [-0.15, -0.1) is 0 Å². The van der Waals surface area contributed by atoms with E-state index in [0.29, 0.717) is 6.54 Å². The van der Waals surface area contributed by atoms with Crippen molar-refractivity contribution in [2.75, 3.05) is 19.0 Å². The van der Waals surface area contributed by atoms with Crippen LogP contribution in [0.25, 0.3) is 22.4 Å². The lowest BCUT2D eigenvalue weighted by atomic mass is 9.96. The molecule has 7 nitrogen and oxygen atoms in total. The second-order valence-corrected chi connectivity index (χ2v) is 8.02. The third kappa shape index (κ3) is 4.61. The summed E-state index contributed by atoms with van der Waals surface area (Å²) in [7, 11) is 3.65. The Morgan fingerprint density at radius 2 is 1.84 bits per heavy atom. The lowest BCUT2D eigenvalue weighted by Gasteiger charge is -2.18. The molecule has 1 unspecified atom stereocenters. The van der Waals surface area contributed by atoms with Gasteiger partial charge in [0.1, 0.15) is 17.9 Å². The maximum Gasteiger partial charge on any atom is 0.129 e. The summed E-state index contributed by atoms with van der Waals surface area (Å²) < 4.78 is 7.56. The summed E-state index contributed by atoms with van der Waals surface area (Å²) in [5.74, 6) is 1.87. The SMILES string of the molecule is COc1cc(-c2cn(C)nc2C)ccc1C(C)CNc1cc(-c2ccc(C)nc2)ncn1. The van der Waals surface area contributed by atoms with Gasteiger partial charge in [-0.2, -0.15) is 5.10 Å². The van der Waals surface area contributed by atoms with E-state index in [-0.39, 0.29) is 5.92 Å². The molecule has 0 saturated heterocycles. The highest BCUT2D eigenvalue weighted by atomic mass is 16.5. The van der Waals surface area contributed by atoms with Crippen LogP contribution in [-0.4, -0.2) is 38.4 Å². The highest BCUT2D eigenvalue weighted by Gasteiger charge is 2.15. The number of pyridine rings is 1. The highest BCUT2D eigenvalue weighted by molar-refractivity contribution is 5.68. The molecule has 0 saturated carbocycles. The highest BCUT2D eigenvalue weighted by Crippen LogP contribution is 2.33. The molecule has 1 atom stereocenters. The minimum Gasteiger partial charge on any atom is -0.496 e. The predicted octanol–water partition coefficient (Wildman–Crippen LogP) is 4.78. The summed E-state index contributed by atoms with van der Waals surface area (Å²) >= 11 is 0. The van der Waals surface area contributed by atoms with E-state index in [0.717, 1.165) is 50.9 Å². The van der Waals surface area contributed by atoms with Crippen LogP contribution < -0.4 is 10.1 Å². The Balaban J connectivity index is 1.49. The van der Waals surface area contributed by atoms with Crippen LogP contribution in [0.4, 0.5) is 5.82 Å². The van der Waals surface area contributed by atoms with Crippen molar-refractivity contribution < 1.29 is 4.74 Å². The number of nitrogens with zero attached hydrogens (tertiary/aromatic N) is 5. The van der Waals surface area contributed by atoms with E-state index in [4.69, 9.17) is 4.74 Å². The Morgan fingerprint density at radius 3 is 2.53 bits per heavy atom. The van der Waals surface area contributed by atoms with Gasteiger partial charge >= 0.3 is 0 Å². The van der Waals surface area contributed by atoms with Crippen molar-refractivity contribution in [1.82, 2.24) is 24.7 Å². The summed E-state index contributed by atoms with van der Waals surface area (Å²) in [6.07, 6.45) is 5.44. The van der Waals surface area contributed by atoms with E-state index in [1.807, 2.05) is 56.2 Å². The number of rotatable bonds is 7. The molecule has 0 fully saturated rings. The molecular formula is C25H28N6O. The Labute approximate surface area is 188 Å². The van der Waals surface area contributed by atoms with Crippen molar-refractivity contribution in [1.29, 1.82) is 0 Å². The lowest BCUT2D eigenvalue weighted by molar-refractivity contribution is 0.407. The minimum atomic E-state index is 0.216. The molecule has 3 heterocycles. The van der Waals surface area contributed by atoms with E-state index >= 15 is 0 Å². The first-order chi connectivity index (χ1) is 15.4. The molecule has 0 spiro atoms. The summed E-state index contributed by atoms with van der Waals surface area (Å²) in [4.78, 5) is 13.1. The molecule has 0 bridgehead atoms. The zero-order valence-electron chi connectivity index (χ0n) is 19.1. The number of benzene rings is 1. The van der Waals surface area contributed by atoms with Gasteiger partial charge < -0.3 is 10.1 Å². The first-order valence-electron chi connectivity index (χ1n) is 10.6. The lowest BCUT2D eigenvalue weighted by Crippen LogP contribution is -2.12. The number of nitrogens with one attached hydrogen (secondary N) is 1. The zero-order valence-corrected chi connectivity index (χ0v) is 19.1. The van der Waals surface area contributed by atoms with Gasteiger partial charge in [0.15, 0.2) is 0 Å². The molecule has 0 aliphatic heterocycles. The number of ether oxygens (including phenoxy) is 1. The maximum absolute atomic E-state index is 5.73. The molecule has 0 aliphatic carbocycles. The Morgan fingerprint density at radius 1 is 1.03 bits per heavy atom. The van der Waals surface area contributed by atoms with Gasteiger partial charge in [-0.25, -0.2) is 9.97 Å². The fraction of sp³-hybridized carbons (Fsp3) is 0.280. The van der Waals surface area contributed by atoms with Crippen LogP contribution in [0.1, 0.15) is 29.8 Å². The molecule has 4 aromatic rings. The average Bonchev–Trinajstić information content (AvgIpc) is 3.15. The van der Waals surface area contributed by atoms with Gasteiger partial charge in [0.2, 0.25) is 0 Å². The average molecular weight is 429 g/mol. The van der Waals surface area contributed by atoms with Crippen LogP contribution >= 0.6 is 0 Å². The Kier molecular flexibility index (Phi) is 6.16. The van der Waals surface area contributed by atoms with E-state index in [2.05, 4.69) is 50.5 Å². The van der Waals surface area contributed by atoms with Crippen LogP contribution in [0, 0.1) is 13.8 Å². The number of anilines is 1. The summed E-state index contributed by atoms with van der Waals surface area (Å²) in [5.41, 5.74) is 7.15. The third-order valence-corrected chi connectivity index (χ3v) is 5.55. The largest absolute Gasteiger partial charge is 0.496 e. The van der Waals surface area contributed by atoms with Crippen molar-refractivity contribution in [3.8, 4) is 28.1 Å². The van der Waals surface area contributed by atoms with Crippen LogP contribution in [-0.2, 0) is 7.05 Å². The van der Waals surface area contributed by atoms with E-state index < -0.39 is 0 Å². The number of hydrogen-bond acceptors (Lipinski definition) is 6. The summed E-state index contributed by atoms with van der Waals surface area (Å²) in [5, 5.41) is 7.88. The van der Waals surface area contributed by atoms with Crippen molar-refractivity contribution in [2.24, 2.45) is 7.05 Å². The fourth-order valence-electron chi connectivity index (χ4n) is 3.77. The molecule has 0 aliphatic rings. The van der Waals surface area contributed by atoms with Crippen LogP contribution in [0.15, 0.2) is 55.1 Å². The van der Waals surface area contributed by atoms with Crippen molar-refractivity contribution in [3.63, 3.8) is 0 Å². The second-order valence-electron chi connectivity index (χ2n) is 8.02. The predicted molar refractivity (Wildman–Crippen MR) is 127 cm³/mol. The maximum atomic E-state index is 5.73. The first kappa shape index (κ1) is 21.5. The molecule has 4 rings (SSSR count). The van der Waals surface area contributed by atoms with Crippen molar-refractivity contribution in [2.45, 2.75) is 26.7 Å². The van der Waals surface area contributed by atoms with E-state index in [1.54, 1.807) is 13.4 Å². The number of hydrogen-bond donors (Lipinski definition) is 1. The molecule has 1 aromatic carbocycles. The molecule has 32 heavy (non-hydrogen) atoms. The van der Waals surface area contributed by atoms with Gasteiger partial charge in [0.05, 0.1) is 18.5 Å². The molecule has 3 aromatic heterocycles. The summed E-state index contributed by atoms with van der Waals surface area (Å²) in [6, 6.07) is 12.3. The molecule has 164 valence electrons. The molecule has 0 radical (unpaired) electrons. The second kappa shape index (κ2) is 9.18. The quantitative estimate of drug-likeness (QED) is 0.456. The van der Waals surface area contributed by atoms with E-state index in [1.165, 1.54) is 0 Å². The minimum absolute atomic E-state index is 0.216. The standard InChI is InChI=1S/C25H28N6O/c1-16(12-27-25-11-23(28-15-29-25)20-7-6-17(2)26-13-20)21-9-8-19(10-24(21)32-5)22-14-31(4)30-18(22)3/h6-11,13-16H,12H2,1-5H3,(H,27,28,29). The Hall–Kier alpha value is -3.74. The van der Waals surface area contributed by atoms with Crippen LogP contribution in [0.3, 0.4) is 0 Å². The van der Waals surface area contributed by atoms with Crippen LogP contribution in [0.5, 0.6) is 5.75 Å². The number of aromatic nitrogens is 5. The normalized spacial score (nSPS) is 11.9. The topological polar surface area (TPSA) is 77.8 Å². The van der Waals surface area contributed by atoms with Gasteiger partial charge in [0, 0.05) is 54.8 Å².